The molecule has 17 nitrogen and oxygen atoms in total. The number of nitrogens with one attached hydrogen (secondary N) is 3. The van der Waals surface area contributed by atoms with Crippen molar-refractivity contribution in [1.82, 2.24) is 44.8 Å². The van der Waals surface area contributed by atoms with Gasteiger partial charge in [0.25, 0.3) is 17.7 Å². The summed E-state index contributed by atoms with van der Waals surface area (Å²) in [7, 11) is 0. The average molecular weight is 865 g/mol. The number of benzene rings is 2. The van der Waals surface area contributed by atoms with Gasteiger partial charge in [-0.1, -0.05) is 35.9 Å². The first-order chi connectivity index (χ1) is 30.1. The maximum absolute atomic E-state index is 13.4. The number of hydrogen-bond acceptors (Lipinski definition) is 12. The number of halogens is 1. The number of carbonyl (C=O) groups excluding carboxylic acids is 6. The van der Waals surface area contributed by atoms with Crippen LogP contribution in [0.2, 0.25) is 5.02 Å². The first kappa shape index (κ1) is 41.4. The number of rotatable bonds is 12. The van der Waals surface area contributed by atoms with Crippen LogP contribution >= 0.6 is 11.6 Å². The van der Waals surface area contributed by atoms with Crippen LogP contribution in [-0.4, -0.2) is 159 Å². The Kier molecular flexibility index (Phi) is 11.9. The third kappa shape index (κ3) is 8.61. The quantitative estimate of drug-likeness (QED) is 0.177. The summed E-state index contributed by atoms with van der Waals surface area (Å²) >= 11 is 6.54. The number of aromatic nitrogens is 3. The second-order valence-electron chi connectivity index (χ2n) is 16.7. The maximum Gasteiger partial charge on any atom is 0.266 e. The molecule has 4 fully saturated rings. The molecule has 4 saturated heterocycles. The predicted octanol–water partition coefficient (Wildman–Crippen LogP) is 3.02. The second-order valence-corrected chi connectivity index (χ2v) is 17.1. The molecule has 1 unspecified atom stereocenters. The van der Waals surface area contributed by atoms with Gasteiger partial charge in [-0.15, -0.1) is 0 Å². The monoisotopic (exact) mass is 864 g/mol. The number of fused-ring (bicyclic) bond motifs is 2. The van der Waals surface area contributed by atoms with Crippen LogP contribution in [0.25, 0.3) is 22.2 Å². The van der Waals surface area contributed by atoms with Gasteiger partial charge in [0, 0.05) is 107 Å². The number of amides is 6. The predicted molar refractivity (Wildman–Crippen MR) is 228 cm³/mol. The average Bonchev–Trinajstić information content (AvgIpc) is 3.99. The van der Waals surface area contributed by atoms with Crippen LogP contribution in [0.3, 0.4) is 0 Å². The minimum absolute atomic E-state index is 0.0176. The Bertz CT molecular complexity index is 2410. The van der Waals surface area contributed by atoms with E-state index in [9.17, 15) is 28.8 Å². The molecule has 0 bridgehead atoms. The fourth-order valence-electron chi connectivity index (χ4n) is 9.39. The SMILES string of the molecule is O=C1CCC(N2C(=O)c3cccc(OCC(=O)N4CCN(CC5CCN(C(=O)CCN6CC[C@@H](Nc7ncc(Cl)c(-c8c[nH]c9ccccc89)n7)C6)CC5)CC4)c3C2=O)C(=O)N1. The van der Waals surface area contributed by atoms with Gasteiger partial charge in [-0.25, -0.2) is 9.97 Å². The van der Waals surface area contributed by atoms with E-state index in [0.717, 1.165) is 86.4 Å². The number of ether oxygens (including phenoxy) is 1. The number of piperazine rings is 1. The Morgan fingerprint density at radius 2 is 1.63 bits per heavy atom. The van der Waals surface area contributed by atoms with E-state index in [-0.39, 0.29) is 54.2 Å². The summed E-state index contributed by atoms with van der Waals surface area (Å²) < 4.78 is 5.83. The van der Waals surface area contributed by atoms with Gasteiger partial charge in [0.2, 0.25) is 23.7 Å². The van der Waals surface area contributed by atoms with Crippen molar-refractivity contribution in [3.63, 3.8) is 0 Å². The number of aromatic amines is 1. The van der Waals surface area contributed by atoms with Crippen molar-refractivity contribution in [2.75, 3.05) is 77.4 Å². The molecule has 6 amide bonds. The number of H-pyrrole nitrogens is 1. The van der Waals surface area contributed by atoms with Crippen LogP contribution < -0.4 is 15.4 Å². The number of piperidine rings is 2. The third-order valence-corrected chi connectivity index (χ3v) is 13.1. The summed E-state index contributed by atoms with van der Waals surface area (Å²) in [4.78, 5) is 98.9. The van der Waals surface area contributed by atoms with E-state index >= 15 is 0 Å². The standard InChI is InChI=1S/C44H49ClN10O7/c45-32-23-47-44(50-40(32)31-22-46-33-6-2-1-4-29(31)33)48-28-12-14-51(25-28)15-13-37(57)53-16-10-27(11-17-53)24-52-18-20-54(21-19-52)38(58)26-62-35-7-3-5-30-39(35)43(61)55(42(30)60)34-8-9-36(56)49-41(34)59/h1-7,22-23,27-28,34,46H,8-21,24-26H2,(H,47,48,50)(H,49,56,59)/t28-,34?/m1/s1. The first-order valence-corrected chi connectivity index (χ1v) is 21.8. The molecule has 5 aliphatic rings. The Morgan fingerprint density at radius 1 is 0.839 bits per heavy atom. The van der Waals surface area contributed by atoms with E-state index in [1.54, 1.807) is 17.2 Å². The molecule has 18 heteroatoms. The zero-order valence-corrected chi connectivity index (χ0v) is 35.1. The number of hydrogen-bond donors (Lipinski definition) is 3. The van der Waals surface area contributed by atoms with Crippen molar-refractivity contribution in [2.24, 2.45) is 5.92 Å². The molecule has 324 valence electrons. The van der Waals surface area contributed by atoms with E-state index in [2.05, 4.69) is 30.4 Å². The van der Waals surface area contributed by atoms with Crippen LogP contribution in [0.5, 0.6) is 5.75 Å². The minimum Gasteiger partial charge on any atom is -0.483 e. The first-order valence-electron chi connectivity index (χ1n) is 21.4. The molecule has 0 saturated carbocycles. The van der Waals surface area contributed by atoms with E-state index in [1.165, 1.54) is 12.1 Å². The molecular weight excluding hydrogens is 816 g/mol. The fraction of sp³-hybridized carbons (Fsp3) is 0.455. The fourth-order valence-corrected chi connectivity index (χ4v) is 9.58. The van der Waals surface area contributed by atoms with Gasteiger partial charge in [0.05, 0.1) is 28.0 Å². The van der Waals surface area contributed by atoms with E-state index in [4.69, 9.17) is 21.3 Å². The molecule has 7 heterocycles. The number of likely N-dealkylation sites (tertiary alicyclic amines) is 2. The highest BCUT2D eigenvalue weighted by Gasteiger charge is 2.46. The van der Waals surface area contributed by atoms with Gasteiger partial charge in [-0.2, -0.15) is 0 Å². The van der Waals surface area contributed by atoms with Gasteiger partial charge in [-0.05, 0) is 49.8 Å². The van der Waals surface area contributed by atoms with Crippen LogP contribution in [0.15, 0.2) is 54.9 Å². The highest BCUT2D eigenvalue weighted by molar-refractivity contribution is 6.33. The summed E-state index contributed by atoms with van der Waals surface area (Å²) in [5.74, 6) is -1.36. The van der Waals surface area contributed by atoms with Crippen molar-refractivity contribution in [2.45, 2.75) is 50.6 Å². The van der Waals surface area contributed by atoms with Gasteiger partial charge < -0.3 is 29.7 Å². The van der Waals surface area contributed by atoms with Crippen LogP contribution in [0, 0.1) is 5.92 Å². The topological polar surface area (TPSA) is 193 Å². The molecule has 9 rings (SSSR count). The van der Waals surface area contributed by atoms with Crippen molar-refractivity contribution in [3.05, 3.63) is 71.0 Å². The van der Waals surface area contributed by atoms with E-state index in [0.29, 0.717) is 48.6 Å². The van der Waals surface area contributed by atoms with Crippen molar-refractivity contribution < 1.29 is 33.5 Å². The molecule has 5 aliphatic heterocycles. The lowest BCUT2D eigenvalue weighted by Gasteiger charge is -2.39. The lowest BCUT2D eigenvalue weighted by Crippen LogP contribution is -2.54. The number of nitrogens with zero attached hydrogens (tertiary/aromatic N) is 7. The zero-order chi connectivity index (χ0) is 42.9. The summed E-state index contributed by atoms with van der Waals surface area (Å²) in [5, 5.41) is 7.22. The van der Waals surface area contributed by atoms with Crippen LogP contribution in [-0.2, 0) is 19.2 Å². The number of carbonyl (C=O) groups is 6. The smallest absolute Gasteiger partial charge is 0.266 e. The van der Waals surface area contributed by atoms with Gasteiger partial charge in [0.1, 0.15) is 11.8 Å². The van der Waals surface area contributed by atoms with Crippen LogP contribution in [0.4, 0.5) is 5.95 Å². The molecule has 0 aliphatic carbocycles. The summed E-state index contributed by atoms with van der Waals surface area (Å²) in [6.45, 7) is 7.05. The Balaban J connectivity index is 0.674. The van der Waals surface area contributed by atoms with E-state index < -0.39 is 29.7 Å². The molecule has 0 spiro atoms. The molecular formula is C44H49ClN10O7. The highest BCUT2D eigenvalue weighted by atomic mass is 35.5. The number of para-hydroxylation sites is 1. The van der Waals surface area contributed by atoms with Crippen molar-refractivity contribution >= 4 is 63.9 Å². The molecule has 2 atom stereocenters. The summed E-state index contributed by atoms with van der Waals surface area (Å²) in [6, 6.07) is 11.7. The zero-order valence-electron chi connectivity index (χ0n) is 34.3. The van der Waals surface area contributed by atoms with Gasteiger partial charge >= 0.3 is 0 Å². The Labute approximate surface area is 363 Å². The Hall–Kier alpha value is -5.91. The number of anilines is 1. The van der Waals surface area contributed by atoms with Crippen LogP contribution in [0.1, 0.15) is 59.2 Å². The lowest BCUT2D eigenvalue weighted by atomic mass is 9.95. The van der Waals surface area contributed by atoms with Gasteiger partial charge in [0.15, 0.2) is 6.61 Å². The maximum atomic E-state index is 13.4. The lowest BCUT2D eigenvalue weighted by molar-refractivity contribution is -0.137. The third-order valence-electron chi connectivity index (χ3n) is 12.8. The molecule has 62 heavy (non-hydrogen) atoms. The molecule has 0 radical (unpaired) electrons. The van der Waals surface area contributed by atoms with Gasteiger partial charge in [-0.3, -0.25) is 43.9 Å². The van der Waals surface area contributed by atoms with Crippen molar-refractivity contribution in [1.29, 1.82) is 0 Å². The molecule has 4 aromatic rings. The summed E-state index contributed by atoms with van der Waals surface area (Å²) in [5.41, 5.74) is 2.75. The summed E-state index contributed by atoms with van der Waals surface area (Å²) in [6.07, 6.45) is 6.94. The largest absolute Gasteiger partial charge is 0.483 e. The normalized spacial score (nSPS) is 21.5. The minimum atomic E-state index is -1.09. The molecule has 2 aromatic carbocycles. The Morgan fingerprint density at radius 3 is 2.44 bits per heavy atom. The second kappa shape index (κ2) is 17.8. The van der Waals surface area contributed by atoms with Crippen molar-refractivity contribution in [3.8, 4) is 17.0 Å². The molecule has 2 aromatic heterocycles. The molecule has 3 N–H and O–H groups in total. The highest BCUT2D eigenvalue weighted by Crippen LogP contribution is 2.35. The number of imide groups is 2. The van der Waals surface area contributed by atoms with E-state index in [1.807, 2.05) is 35.4 Å².